The molecule has 0 amide bonds. The largest absolute Gasteiger partial charge is 0.399 e. The second-order valence-electron chi connectivity index (χ2n) is 4.91. The number of benzene rings is 1. The van der Waals surface area contributed by atoms with Gasteiger partial charge in [-0.15, -0.1) is 0 Å². The number of hydrogen-bond acceptors (Lipinski definition) is 3. The van der Waals surface area contributed by atoms with Crippen LogP contribution in [0.3, 0.4) is 0 Å². The van der Waals surface area contributed by atoms with E-state index in [9.17, 15) is 0 Å². The van der Waals surface area contributed by atoms with Gasteiger partial charge in [0.25, 0.3) is 0 Å². The summed E-state index contributed by atoms with van der Waals surface area (Å²) in [6.07, 6.45) is 2.25. The molecule has 3 nitrogen and oxygen atoms in total. The van der Waals surface area contributed by atoms with E-state index < -0.39 is 0 Å². The predicted octanol–water partition coefficient (Wildman–Crippen LogP) is 1.69. The zero-order valence-corrected chi connectivity index (χ0v) is 11.3. The fourth-order valence-electron chi connectivity index (χ4n) is 1.84. The Morgan fingerprint density at radius 3 is 2.35 bits per heavy atom. The molecular formula is C14H25N3. The van der Waals surface area contributed by atoms with Gasteiger partial charge in [-0.25, -0.2) is 0 Å². The number of rotatable bonds is 7. The van der Waals surface area contributed by atoms with Gasteiger partial charge in [-0.3, -0.25) is 0 Å². The maximum absolute atomic E-state index is 5.92. The third-order valence-electron chi connectivity index (χ3n) is 2.96. The van der Waals surface area contributed by atoms with Crippen molar-refractivity contribution in [3.05, 3.63) is 29.8 Å². The number of anilines is 1. The molecule has 0 aliphatic rings. The van der Waals surface area contributed by atoms with Crippen LogP contribution in [0.4, 0.5) is 5.69 Å². The Morgan fingerprint density at radius 2 is 1.71 bits per heavy atom. The molecule has 0 aromatic heterocycles. The van der Waals surface area contributed by atoms with Crippen molar-refractivity contribution in [3.8, 4) is 0 Å². The average Bonchev–Trinajstić information content (AvgIpc) is 2.27. The van der Waals surface area contributed by atoms with Crippen LogP contribution < -0.4 is 5.73 Å². The van der Waals surface area contributed by atoms with Crippen LogP contribution in [0.1, 0.15) is 12.0 Å². The third-order valence-corrected chi connectivity index (χ3v) is 2.96. The Labute approximate surface area is 105 Å². The summed E-state index contributed by atoms with van der Waals surface area (Å²) in [4.78, 5) is 4.60. The van der Waals surface area contributed by atoms with Crippen LogP contribution >= 0.6 is 0 Å². The van der Waals surface area contributed by atoms with E-state index in [0.717, 1.165) is 31.7 Å². The lowest BCUT2D eigenvalue weighted by Gasteiger charge is -2.18. The van der Waals surface area contributed by atoms with Crippen LogP contribution in [0.5, 0.6) is 0 Å². The van der Waals surface area contributed by atoms with Crippen LogP contribution in [-0.2, 0) is 6.42 Å². The Bertz CT molecular complexity index is 323. The quantitative estimate of drug-likeness (QED) is 0.730. The molecule has 3 heteroatoms. The molecule has 1 rings (SSSR count). The molecule has 0 saturated heterocycles. The summed E-state index contributed by atoms with van der Waals surface area (Å²) in [6.45, 7) is 3.37. The summed E-state index contributed by atoms with van der Waals surface area (Å²) >= 11 is 0. The van der Waals surface area contributed by atoms with Crippen molar-refractivity contribution in [3.63, 3.8) is 0 Å². The molecule has 0 radical (unpaired) electrons. The van der Waals surface area contributed by atoms with Gasteiger partial charge in [0.1, 0.15) is 0 Å². The fraction of sp³-hybridized carbons (Fsp3) is 0.571. The topological polar surface area (TPSA) is 32.5 Å². The summed E-state index contributed by atoms with van der Waals surface area (Å²) in [5, 5.41) is 0. The maximum atomic E-state index is 5.92. The molecule has 0 spiro atoms. The Balaban J connectivity index is 2.24. The molecule has 0 heterocycles. The van der Waals surface area contributed by atoms with Gasteiger partial charge < -0.3 is 15.5 Å². The van der Waals surface area contributed by atoms with Crippen LogP contribution in [0.25, 0.3) is 0 Å². The maximum Gasteiger partial charge on any atom is 0.0347 e. The van der Waals surface area contributed by atoms with E-state index in [0.29, 0.717) is 0 Å². The second-order valence-corrected chi connectivity index (χ2v) is 4.91. The molecule has 0 aliphatic carbocycles. The number of likely N-dealkylation sites (N-methyl/N-ethyl adjacent to an activating group) is 1. The monoisotopic (exact) mass is 235 g/mol. The van der Waals surface area contributed by atoms with Gasteiger partial charge in [0, 0.05) is 12.2 Å². The van der Waals surface area contributed by atoms with Gasteiger partial charge in [-0.2, -0.15) is 0 Å². The SMILES string of the molecule is CN(C)CCCN(C)CCc1ccccc1N. The minimum Gasteiger partial charge on any atom is -0.399 e. The van der Waals surface area contributed by atoms with Crippen LogP contribution in [0.2, 0.25) is 0 Å². The van der Waals surface area contributed by atoms with E-state index >= 15 is 0 Å². The molecule has 2 N–H and O–H groups in total. The zero-order chi connectivity index (χ0) is 12.7. The highest BCUT2D eigenvalue weighted by atomic mass is 15.1. The van der Waals surface area contributed by atoms with Crippen molar-refractivity contribution in [2.24, 2.45) is 0 Å². The first-order valence-electron chi connectivity index (χ1n) is 6.26. The van der Waals surface area contributed by atoms with E-state index in [4.69, 9.17) is 5.73 Å². The van der Waals surface area contributed by atoms with Crippen LogP contribution in [-0.4, -0.2) is 50.6 Å². The molecule has 0 saturated carbocycles. The van der Waals surface area contributed by atoms with Gasteiger partial charge in [0.15, 0.2) is 0 Å². The molecule has 0 fully saturated rings. The molecule has 0 aliphatic heterocycles. The van der Waals surface area contributed by atoms with E-state index in [1.165, 1.54) is 12.0 Å². The van der Waals surface area contributed by atoms with Crippen molar-refractivity contribution in [2.45, 2.75) is 12.8 Å². The molecule has 0 bridgehead atoms. The van der Waals surface area contributed by atoms with Gasteiger partial charge in [0.05, 0.1) is 0 Å². The van der Waals surface area contributed by atoms with Gasteiger partial charge in [0.2, 0.25) is 0 Å². The summed E-state index contributed by atoms with van der Waals surface area (Å²) in [6, 6.07) is 8.13. The molecule has 96 valence electrons. The smallest absolute Gasteiger partial charge is 0.0347 e. The number of nitrogens with zero attached hydrogens (tertiary/aromatic N) is 2. The van der Waals surface area contributed by atoms with E-state index in [2.05, 4.69) is 43.1 Å². The molecule has 1 aromatic rings. The first-order chi connectivity index (χ1) is 8.09. The minimum atomic E-state index is 0.911. The lowest BCUT2D eigenvalue weighted by Crippen LogP contribution is -2.25. The van der Waals surface area contributed by atoms with Gasteiger partial charge in [-0.05, 0) is 58.7 Å². The Hall–Kier alpha value is -1.06. The lowest BCUT2D eigenvalue weighted by atomic mass is 10.1. The van der Waals surface area contributed by atoms with Gasteiger partial charge >= 0.3 is 0 Å². The number of nitrogen functional groups attached to an aromatic ring is 1. The minimum absolute atomic E-state index is 0.911. The van der Waals surface area contributed by atoms with Crippen LogP contribution in [0.15, 0.2) is 24.3 Å². The van der Waals surface area contributed by atoms with Crippen molar-refractivity contribution < 1.29 is 0 Å². The van der Waals surface area contributed by atoms with Gasteiger partial charge in [-0.1, -0.05) is 18.2 Å². The summed E-state index contributed by atoms with van der Waals surface area (Å²) < 4.78 is 0. The second kappa shape index (κ2) is 7.30. The number of para-hydroxylation sites is 1. The van der Waals surface area contributed by atoms with Crippen molar-refractivity contribution in [1.82, 2.24) is 9.80 Å². The highest BCUT2D eigenvalue weighted by molar-refractivity contribution is 5.46. The zero-order valence-electron chi connectivity index (χ0n) is 11.3. The number of nitrogens with two attached hydrogens (primary N) is 1. The predicted molar refractivity (Wildman–Crippen MR) is 75.2 cm³/mol. The van der Waals surface area contributed by atoms with Crippen molar-refractivity contribution in [2.75, 3.05) is 46.5 Å². The normalized spacial score (nSPS) is 11.4. The fourth-order valence-corrected chi connectivity index (χ4v) is 1.84. The number of hydrogen-bond donors (Lipinski definition) is 1. The van der Waals surface area contributed by atoms with Crippen LogP contribution in [0, 0.1) is 0 Å². The molecule has 1 aromatic carbocycles. The summed E-state index contributed by atoms with van der Waals surface area (Å²) in [5.74, 6) is 0. The van der Waals surface area contributed by atoms with E-state index in [-0.39, 0.29) is 0 Å². The Kier molecular flexibility index (Phi) is 6.01. The third kappa shape index (κ3) is 5.71. The first-order valence-corrected chi connectivity index (χ1v) is 6.26. The highest BCUT2D eigenvalue weighted by Gasteiger charge is 2.02. The van der Waals surface area contributed by atoms with Crippen molar-refractivity contribution in [1.29, 1.82) is 0 Å². The van der Waals surface area contributed by atoms with E-state index in [1.807, 2.05) is 12.1 Å². The summed E-state index contributed by atoms with van der Waals surface area (Å²) in [7, 11) is 6.41. The first kappa shape index (κ1) is 14.0. The average molecular weight is 235 g/mol. The van der Waals surface area contributed by atoms with E-state index in [1.54, 1.807) is 0 Å². The molecular weight excluding hydrogens is 210 g/mol. The molecule has 17 heavy (non-hydrogen) atoms. The van der Waals surface area contributed by atoms with Crippen molar-refractivity contribution >= 4 is 5.69 Å². The summed E-state index contributed by atoms with van der Waals surface area (Å²) in [5.41, 5.74) is 8.09. The highest BCUT2D eigenvalue weighted by Crippen LogP contribution is 2.11. The standard InChI is InChI=1S/C14H25N3/c1-16(2)10-6-11-17(3)12-9-13-7-4-5-8-14(13)15/h4-5,7-8H,6,9-12,15H2,1-3H3. The molecule has 0 unspecified atom stereocenters. The molecule has 0 atom stereocenters. The Morgan fingerprint density at radius 1 is 1.00 bits per heavy atom. The lowest BCUT2D eigenvalue weighted by molar-refractivity contribution is 0.303.